The number of rotatable bonds is 13. The average Bonchev–Trinajstić information content (AvgIpc) is 3.65. The normalized spacial score (nSPS) is 14.6. The fraction of sp³-hybridized carbons (Fsp3) is 0.290. The second-order valence-electron chi connectivity index (χ2n) is 10.8. The van der Waals surface area contributed by atoms with Gasteiger partial charge in [0.1, 0.15) is 17.7 Å². The minimum atomic E-state index is -1.23. The molecular weight excluding hydrogens is 637 g/mol. The van der Waals surface area contributed by atoms with Gasteiger partial charge < -0.3 is 24.6 Å². The van der Waals surface area contributed by atoms with Gasteiger partial charge in [0.15, 0.2) is 4.84 Å². The van der Waals surface area contributed by atoms with E-state index < -0.39 is 35.8 Å². The molecule has 15 heteroatoms. The summed E-state index contributed by atoms with van der Waals surface area (Å²) in [6.07, 6.45) is 0.574. The molecule has 11 nitrogen and oxygen atoms in total. The fourth-order valence-electron chi connectivity index (χ4n) is 4.99. The van der Waals surface area contributed by atoms with Crippen LogP contribution < -0.4 is 15.0 Å². The molecule has 0 unspecified atom stereocenters. The Bertz CT molecular complexity index is 1660. The van der Waals surface area contributed by atoms with E-state index >= 15 is 4.39 Å². The highest BCUT2D eigenvalue weighted by Gasteiger charge is 2.33. The van der Waals surface area contributed by atoms with E-state index in [1.54, 1.807) is 30.7 Å². The monoisotopic (exact) mass is 668 g/mol. The molecule has 240 valence electrons. The second kappa shape index (κ2) is 15.0. The first-order valence-corrected chi connectivity index (χ1v) is 15.3. The van der Waals surface area contributed by atoms with Crippen LogP contribution in [0.4, 0.5) is 14.9 Å². The Balaban J connectivity index is 1.19. The Hall–Kier alpha value is -4.17. The third-order valence-corrected chi connectivity index (χ3v) is 7.87. The van der Waals surface area contributed by atoms with Crippen molar-refractivity contribution in [1.29, 1.82) is 0 Å². The summed E-state index contributed by atoms with van der Waals surface area (Å²) in [6, 6.07) is 19.6. The molecule has 46 heavy (non-hydrogen) atoms. The van der Waals surface area contributed by atoms with Crippen molar-refractivity contribution in [2.45, 2.75) is 37.4 Å². The number of carbonyl (C=O) groups excluding carboxylic acids is 2. The van der Waals surface area contributed by atoms with Gasteiger partial charge in [-0.2, -0.15) is 0 Å². The molecule has 1 aromatic heterocycles. The lowest BCUT2D eigenvalue weighted by Gasteiger charge is -2.22. The lowest BCUT2D eigenvalue weighted by molar-refractivity contribution is -0.119. The van der Waals surface area contributed by atoms with Gasteiger partial charge in [0.25, 0.3) is 5.91 Å². The quantitative estimate of drug-likeness (QED) is 0.158. The number of ether oxygens (including phenoxy) is 2. The Morgan fingerprint density at radius 1 is 1.15 bits per heavy atom. The topological polar surface area (TPSA) is 122 Å². The minimum absolute atomic E-state index is 0.0289. The number of methoxy groups -OCH3 is 1. The number of benzene rings is 3. The highest BCUT2D eigenvalue weighted by Crippen LogP contribution is 2.29. The molecule has 1 aliphatic heterocycles. The smallest absolute Gasteiger partial charge is 0.414 e. The van der Waals surface area contributed by atoms with Crippen molar-refractivity contribution in [1.82, 2.24) is 25.1 Å². The van der Waals surface area contributed by atoms with Crippen LogP contribution in [0, 0.1) is 5.82 Å². The number of amides is 2. The molecule has 0 saturated carbocycles. The van der Waals surface area contributed by atoms with E-state index in [1.165, 1.54) is 11.0 Å². The van der Waals surface area contributed by atoms with Crippen molar-refractivity contribution in [2.75, 3.05) is 25.1 Å². The summed E-state index contributed by atoms with van der Waals surface area (Å²) in [5, 5.41) is 21.5. The molecule has 3 aromatic carbocycles. The fourth-order valence-corrected chi connectivity index (χ4v) is 5.15. The van der Waals surface area contributed by atoms with Crippen LogP contribution in [0.15, 0.2) is 72.9 Å². The van der Waals surface area contributed by atoms with Gasteiger partial charge in [-0.1, -0.05) is 64.8 Å². The zero-order chi connectivity index (χ0) is 32.8. The van der Waals surface area contributed by atoms with E-state index in [2.05, 4.69) is 15.6 Å². The van der Waals surface area contributed by atoms with E-state index in [4.69, 9.17) is 32.7 Å². The van der Waals surface area contributed by atoms with Crippen LogP contribution in [0.1, 0.15) is 16.8 Å². The first-order chi connectivity index (χ1) is 22.1. The van der Waals surface area contributed by atoms with Gasteiger partial charge >= 0.3 is 13.1 Å². The molecule has 0 spiro atoms. The minimum Gasteiger partial charge on any atom is -0.497 e. The van der Waals surface area contributed by atoms with Gasteiger partial charge in [0.05, 0.1) is 44.3 Å². The van der Waals surface area contributed by atoms with Crippen LogP contribution in [-0.4, -0.2) is 75.0 Å². The Labute approximate surface area is 275 Å². The molecule has 0 aliphatic carbocycles. The number of nitrogens with zero attached hydrogens (tertiary/aromatic N) is 5. The molecule has 0 radical (unpaired) electrons. The average molecular weight is 669 g/mol. The van der Waals surface area contributed by atoms with E-state index in [1.807, 2.05) is 59.5 Å². The summed E-state index contributed by atoms with van der Waals surface area (Å²) in [7, 11) is 0.877. The van der Waals surface area contributed by atoms with Gasteiger partial charge in [-0.25, -0.2) is 13.9 Å². The molecule has 4 aromatic rings. The van der Waals surface area contributed by atoms with Crippen LogP contribution in [0.2, 0.25) is 6.82 Å². The standard InChI is InChI=1S/C31H32BCl2FN6O5/c1-32(44)39(17-23-18-40(38-37-23)16-21-5-10-25(45-2)11-6-21)15-20-3-7-22(8-4-20)27-12-9-24(13-28(27)35)41-19-26(46-31(41)43)14-36-30(42)29(33)34/h3-13,18,26,29,44H,14-17,19H2,1-2H3,(H,36,42)/t26-/m0/s1. The summed E-state index contributed by atoms with van der Waals surface area (Å²) < 4.78 is 27.5. The Morgan fingerprint density at radius 3 is 2.52 bits per heavy atom. The highest BCUT2D eigenvalue weighted by molar-refractivity contribution is 6.53. The molecule has 2 heterocycles. The number of hydrogen-bond donors (Lipinski definition) is 2. The first kappa shape index (κ1) is 33.2. The van der Waals surface area contributed by atoms with Gasteiger partial charge in [-0.3, -0.25) is 9.69 Å². The van der Waals surface area contributed by atoms with E-state index in [9.17, 15) is 14.6 Å². The zero-order valence-corrected chi connectivity index (χ0v) is 26.7. The third-order valence-electron chi connectivity index (χ3n) is 7.47. The number of hydrogen-bond acceptors (Lipinski definition) is 8. The highest BCUT2D eigenvalue weighted by atomic mass is 35.5. The van der Waals surface area contributed by atoms with Gasteiger partial charge in [-0.15, -0.1) is 5.10 Å². The molecule has 5 rings (SSSR count). The van der Waals surface area contributed by atoms with Crippen molar-refractivity contribution in [3.63, 3.8) is 0 Å². The first-order valence-electron chi connectivity index (χ1n) is 14.5. The van der Waals surface area contributed by atoms with Crippen molar-refractivity contribution in [2.24, 2.45) is 0 Å². The number of halogens is 3. The predicted molar refractivity (Wildman–Crippen MR) is 173 cm³/mol. The maximum Gasteiger partial charge on any atom is 0.414 e. The molecule has 1 atom stereocenters. The zero-order valence-electron chi connectivity index (χ0n) is 25.1. The van der Waals surface area contributed by atoms with Crippen molar-refractivity contribution < 1.29 is 28.5 Å². The molecule has 2 N–H and O–H groups in total. The Morgan fingerprint density at radius 2 is 1.87 bits per heavy atom. The van der Waals surface area contributed by atoms with E-state index in [0.29, 0.717) is 42.1 Å². The summed E-state index contributed by atoms with van der Waals surface area (Å²) in [5.41, 5.74) is 4.03. The lowest BCUT2D eigenvalue weighted by atomic mass is 9.84. The van der Waals surface area contributed by atoms with E-state index in [-0.39, 0.29) is 13.1 Å². The summed E-state index contributed by atoms with van der Waals surface area (Å²) in [6.45, 7) is 3.21. The number of cyclic esters (lactones) is 1. The summed E-state index contributed by atoms with van der Waals surface area (Å²) in [4.78, 5) is 25.9. The van der Waals surface area contributed by atoms with Crippen LogP contribution in [0.5, 0.6) is 5.75 Å². The molecular formula is C31H32BCl2FN6O5. The van der Waals surface area contributed by atoms with Gasteiger partial charge in [0.2, 0.25) is 0 Å². The maximum absolute atomic E-state index is 15.3. The SMILES string of the molecule is COc1ccc(Cn2cc(CN(Cc3ccc(-c4ccc(N5C[C@H](CNC(=O)C(Cl)Cl)OC5=O)cc4F)cc3)B(C)O)nn2)cc1. The third kappa shape index (κ3) is 8.35. The lowest BCUT2D eigenvalue weighted by Crippen LogP contribution is -2.37. The van der Waals surface area contributed by atoms with E-state index in [0.717, 1.165) is 16.9 Å². The van der Waals surface area contributed by atoms with Gasteiger partial charge in [-0.05, 0) is 53.8 Å². The van der Waals surface area contributed by atoms with Crippen LogP contribution in [0.3, 0.4) is 0 Å². The summed E-state index contributed by atoms with van der Waals surface area (Å²) in [5.74, 6) is -0.319. The number of aromatic nitrogens is 3. The number of carbonyl (C=O) groups is 2. The Kier molecular flexibility index (Phi) is 10.8. The van der Waals surface area contributed by atoms with Crippen LogP contribution >= 0.6 is 23.2 Å². The molecule has 0 bridgehead atoms. The van der Waals surface area contributed by atoms with Crippen molar-refractivity contribution in [3.8, 4) is 16.9 Å². The number of nitrogens with one attached hydrogen (secondary N) is 1. The maximum atomic E-state index is 15.3. The number of alkyl halides is 2. The molecule has 1 fully saturated rings. The van der Waals surface area contributed by atoms with Crippen molar-refractivity contribution in [3.05, 3.63) is 95.6 Å². The van der Waals surface area contributed by atoms with Crippen LogP contribution in [-0.2, 0) is 29.2 Å². The molecule has 1 saturated heterocycles. The largest absolute Gasteiger partial charge is 0.497 e. The van der Waals surface area contributed by atoms with Crippen molar-refractivity contribution >= 4 is 47.9 Å². The number of anilines is 1. The predicted octanol–water partition coefficient (Wildman–Crippen LogP) is 4.50. The van der Waals surface area contributed by atoms with Gasteiger partial charge in [0, 0.05) is 18.7 Å². The molecule has 2 amide bonds. The molecule has 1 aliphatic rings. The second-order valence-corrected chi connectivity index (χ2v) is 11.9. The summed E-state index contributed by atoms with van der Waals surface area (Å²) >= 11 is 11.0. The van der Waals surface area contributed by atoms with Crippen LogP contribution in [0.25, 0.3) is 11.1 Å².